The Balaban J connectivity index is 1.52. The molecule has 29 heavy (non-hydrogen) atoms. The van der Waals surface area contributed by atoms with E-state index in [1.54, 1.807) is 55.6 Å². The summed E-state index contributed by atoms with van der Waals surface area (Å²) in [4.78, 5) is 24.1. The maximum atomic E-state index is 12.1. The van der Waals surface area contributed by atoms with Gasteiger partial charge in [0.05, 0.1) is 25.7 Å². The number of thioether (sulfide) groups is 1. The van der Waals surface area contributed by atoms with Crippen molar-refractivity contribution in [2.75, 3.05) is 20.0 Å². The summed E-state index contributed by atoms with van der Waals surface area (Å²) in [6, 6.07) is 13.7. The van der Waals surface area contributed by atoms with E-state index in [4.69, 9.17) is 9.47 Å². The van der Waals surface area contributed by atoms with Crippen molar-refractivity contribution in [3.63, 3.8) is 0 Å². The maximum Gasteiger partial charge on any atom is 0.269 e. The largest absolute Gasteiger partial charge is 0.497 e. The van der Waals surface area contributed by atoms with E-state index in [0.717, 1.165) is 17.4 Å². The quantitative estimate of drug-likeness (QED) is 0.438. The minimum Gasteiger partial charge on any atom is -0.497 e. The molecule has 3 rings (SSSR count). The zero-order chi connectivity index (χ0) is 20.6. The molecular weight excluding hydrogens is 396 g/mol. The number of amides is 2. The molecule has 150 valence electrons. The van der Waals surface area contributed by atoms with Gasteiger partial charge in [0.2, 0.25) is 11.1 Å². The van der Waals surface area contributed by atoms with E-state index in [1.807, 2.05) is 0 Å². The Kier molecular flexibility index (Phi) is 6.63. The second-order valence-electron chi connectivity index (χ2n) is 5.59. The number of nitrogens with one attached hydrogen (secondary N) is 2. The zero-order valence-electron chi connectivity index (χ0n) is 15.7. The first-order valence-corrected chi connectivity index (χ1v) is 9.38. The van der Waals surface area contributed by atoms with Gasteiger partial charge in [-0.3, -0.25) is 20.4 Å². The summed E-state index contributed by atoms with van der Waals surface area (Å²) >= 11 is 1.13. The molecule has 0 aliphatic carbocycles. The van der Waals surface area contributed by atoms with Gasteiger partial charge in [-0.1, -0.05) is 11.8 Å². The Bertz CT molecular complexity index is 975. The number of carbonyl (C=O) groups is 2. The van der Waals surface area contributed by atoms with Crippen LogP contribution in [0.4, 0.5) is 0 Å². The number of hydrogen-bond acceptors (Lipinski definition) is 8. The van der Waals surface area contributed by atoms with Gasteiger partial charge in [0.25, 0.3) is 5.91 Å². The smallest absolute Gasteiger partial charge is 0.269 e. The first-order chi connectivity index (χ1) is 14.1. The minimum absolute atomic E-state index is 0.0133. The maximum absolute atomic E-state index is 12.1. The molecule has 0 radical (unpaired) electrons. The number of ether oxygens (including phenoxy) is 2. The molecule has 0 saturated heterocycles. The number of hydrogen-bond donors (Lipinski definition) is 2. The molecule has 2 amide bonds. The molecular formula is C18H18N6O4S. The van der Waals surface area contributed by atoms with Crippen LogP contribution in [0.25, 0.3) is 5.69 Å². The molecule has 0 bridgehead atoms. The van der Waals surface area contributed by atoms with Crippen molar-refractivity contribution in [1.29, 1.82) is 0 Å². The second kappa shape index (κ2) is 9.55. The summed E-state index contributed by atoms with van der Waals surface area (Å²) in [6.45, 7) is 0. The second-order valence-corrected chi connectivity index (χ2v) is 6.53. The van der Waals surface area contributed by atoms with Gasteiger partial charge in [-0.15, -0.1) is 5.10 Å². The Labute approximate surface area is 170 Å². The normalized spacial score (nSPS) is 10.3. The van der Waals surface area contributed by atoms with Gasteiger partial charge in [-0.25, -0.2) is 0 Å². The molecule has 0 saturated carbocycles. The Morgan fingerprint density at radius 3 is 2.21 bits per heavy atom. The molecule has 0 atom stereocenters. The van der Waals surface area contributed by atoms with Gasteiger partial charge >= 0.3 is 0 Å². The van der Waals surface area contributed by atoms with Crippen LogP contribution in [0.1, 0.15) is 10.4 Å². The van der Waals surface area contributed by atoms with Crippen LogP contribution >= 0.6 is 11.8 Å². The number of nitrogens with zero attached hydrogens (tertiary/aromatic N) is 4. The molecule has 0 aliphatic heterocycles. The highest BCUT2D eigenvalue weighted by atomic mass is 32.2. The molecule has 2 N–H and O–H groups in total. The summed E-state index contributed by atoms with van der Waals surface area (Å²) in [5, 5.41) is 11.9. The Morgan fingerprint density at radius 2 is 1.59 bits per heavy atom. The number of aromatic nitrogens is 4. The SMILES string of the molecule is COc1ccc(C(=O)NNC(=O)CSc2nnnn2-c2ccc(OC)cc2)cc1. The van der Waals surface area contributed by atoms with Gasteiger partial charge in [0.1, 0.15) is 11.5 Å². The number of tetrazole rings is 1. The molecule has 1 aromatic heterocycles. The fourth-order valence-corrected chi connectivity index (χ4v) is 2.95. The van der Waals surface area contributed by atoms with Gasteiger partial charge in [0, 0.05) is 5.56 Å². The third-order valence-corrected chi connectivity index (χ3v) is 4.68. The Morgan fingerprint density at radius 1 is 0.966 bits per heavy atom. The van der Waals surface area contributed by atoms with E-state index in [9.17, 15) is 9.59 Å². The van der Waals surface area contributed by atoms with Crippen LogP contribution in [-0.2, 0) is 4.79 Å². The third kappa shape index (κ3) is 5.23. The molecule has 0 spiro atoms. The topological polar surface area (TPSA) is 120 Å². The van der Waals surface area contributed by atoms with Crippen molar-refractivity contribution in [3.05, 3.63) is 54.1 Å². The molecule has 10 nitrogen and oxygen atoms in total. The zero-order valence-corrected chi connectivity index (χ0v) is 16.5. The van der Waals surface area contributed by atoms with Crippen molar-refractivity contribution in [2.45, 2.75) is 5.16 Å². The average molecular weight is 414 g/mol. The minimum atomic E-state index is -0.436. The number of rotatable bonds is 7. The lowest BCUT2D eigenvalue weighted by Gasteiger charge is -2.08. The summed E-state index contributed by atoms with van der Waals surface area (Å²) in [5.74, 6) is 0.522. The van der Waals surface area contributed by atoms with Crippen LogP contribution in [0.15, 0.2) is 53.7 Å². The van der Waals surface area contributed by atoms with Crippen LogP contribution < -0.4 is 20.3 Å². The lowest BCUT2D eigenvalue weighted by molar-refractivity contribution is -0.119. The van der Waals surface area contributed by atoms with Crippen molar-refractivity contribution in [2.24, 2.45) is 0 Å². The van der Waals surface area contributed by atoms with Crippen molar-refractivity contribution < 1.29 is 19.1 Å². The van der Waals surface area contributed by atoms with E-state index in [0.29, 0.717) is 22.2 Å². The lowest BCUT2D eigenvalue weighted by atomic mass is 10.2. The van der Waals surface area contributed by atoms with Crippen LogP contribution in [-0.4, -0.2) is 52.0 Å². The van der Waals surface area contributed by atoms with Gasteiger partial charge in [0.15, 0.2) is 0 Å². The monoisotopic (exact) mass is 414 g/mol. The standard InChI is InChI=1S/C18H18N6O4S/c1-27-14-7-3-12(4-8-14)17(26)20-19-16(25)11-29-18-21-22-23-24(18)13-5-9-15(28-2)10-6-13/h3-10H,11H2,1-2H3,(H,19,25)(H,20,26). The summed E-state index contributed by atoms with van der Waals surface area (Å²) in [5.41, 5.74) is 5.84. The summed E-state index contributed by atoms with van der Waals surface area (Å²) in [7, 11) is 3.12. The number of carbonyl (C=O) groups excluding carboxylic acids is 2. The third-order valence-electron chi connectivity index (χ3n) is 3.76. The molecule has 0 fully saturated rings. The molecule has 0 unspecified atom stereocenters. The molecule has 0 aliphatic rings. The van der Waals surface area contributed by atoms with E-state index in [1.165, 1.54) is 11.8 Å². The van der Waals surface area contributed by atoms with Crippen molar-refractivity contribution in [3.8, 4) is 17.2 Å². The van der Waals surface area contributed by atoms with Gasteiger partial charge in [-0.2, -0.15) is 4.68 Å². The van der Waals surface area contributed by atoms with Crippen LogP contribution in [0, 0.1) is 0 Å². The molecule has 3 aromatic rings. The fraction of sp³-hybridized carbons (Fsp3) is 0.167. The average Bonchev–Trinajstić information content (AvgIpc) is 3.24. The summed E-state index contributed by atoms with van der Waals surface area (Å²) < 4.78 is 11.7. The first kappa shape index (κ1) is 20.1. The highest BCUT2D eigenvalue weighted by Crippen LogP contribution is 2.20. The van der Waals surface area contributed by atoms with Crippen LogP contribution in [0.5, 0.6) is 11.5 Å². The lowest BCUT2D eigenvalue weighted by Crippen LogP contribution is -2.42. The highest BCUT2D eigenvalue weighted by molar-refractivity contribution is 7.99. The summed E-state index contributed by atoms with van der Waals surface area (Å²) in [6.07, 6.45) is 0. The van der Waals surface area contributed by atoms with E-state index < -0.39 is 11.8 Å². The first-order valence-electron chi connectivity index (χ1n) is 8.39. The van der Waals surface area contributed by atoms with Gasteiger partial charge < -0.3 is 9.47 Å². The van der Waals surface area contributed by atoms with Crippen LogP contribution in [0.3, 0.4) is 0 Å². The van der Waals surface area contributed by atoms with Gasteiger partial charge in [-0.05, 0) is 59.0 Å². The number of benzene rings is 2. The number of methoxy groups -OCH3 is 2. The van der Waals surface area contributed by atoms with Crippen molar-refractivity contribution >= 4 is 23.6 Å². The van der Waals surface area contributed by atoms with E-state index >= 15 is 0 Å². The predicted octanol–water partition coefficient (Wildman–Crippen LogP) is 1.23. The Hall–Kier alpha value is -3.60. The van der Waals surface area contributed by atoms with E-state index in [-0.39, 0.29) is 5.75 Å². The molecule has 1 heterocycles. The van der Waals surface area contributed by atoms with Crippen LogP contribution in [0.2, 0.25) is 0 Å². The van der Waals surface area contributed by atoms with E-state index in [2.05, 4.69) is 26.4 Å². The molecule has 11 heteroatoms. The predicted molar refractivity (Wildman–Crippen MR) is 105 cm³/mol. The number of hydrazine groups is 1. The molecule has 2 aromatic carbocycles. The fourth-order valence-electron chi connectivity index (χ4n) is 2.26. The highest BCUT2D eigenvalue weighted by Gasteiger charge is 2.13. The van der Waals surface area contributed by atoms with Crippen molar-refractivity contribution in [1.82, 2.24) is 31.1 Å².